The van der Waals surface area contributed by atoms with Crippen LogP contribution in [-0.4, -0.2) is 9.55 Å². The number of benzene rings is 8. The van der Waals surface area contributed by atoms with Gasteiger partial charge in [0, 0.05) is 78.0 Å². The van der Waals surface area contributed by atoms with E-state index in [1.165, 1.54) is 11.1 Å². The number of pyridine rings is 1. The van der Waals surface area contributed by atoms with E-state index in [0.717, 1.165) is 74.3 Å². The van der Waals surface area contributed by atoms with E-state index in [2.05, 4.69) is 208 Å². The molecule has 8 aromatic carbocycles. The minimum atomic E-state index is -0.467. The molecule has 5 nitrogen and oxygen atoms in total. The summed E-state index contributed by atoms with van der Waals surface area (Å²) in [5.41, 5.74) is 13.9. The number of nitrogens with zero attached hydrogens (tertiary/aromatic N) is 4. The minimum absolute atomic E-state index is 0. The Morgan fingerprint density at radius 2 is 1.11 bits per heavy atom. The van der Waals surface area contributed by atoms with Crippen molar-refractivity contribution in [1.29, 1.82) is 0 Å². The summed E-state index contributed by atoms with van der Waals surface area (Å²) in [5.74, 6) is 1.22. The maximum Gasteiger partial charge on any atom is 0.135 e. The molecule has 0 fully saturated rings. The van der Waals surface area contributed by atoms with E-state index in [4.69, 9.17) is 16.6 Å². The summed E-state index contributed by atoms with van der Waals surface area (Å²) in [6.07, 6.45) is 4.07. The summed E-state index contributed by atoms with van der Waals surface area (Å²) in [4.78, 5) is 9.43. The molecule has 0 N–H and O–H groups in total. The van der Waals surface area contributed by atoms with Crippen LogP contribution in [0.2, 0.25) is 0 Å². The second-order valence-corrected chi connectivity index (χ2v) is 30.7. The Morgan fingerprint density at radius 1 is 0.523 bits per heavy atom. The zero-order valence-electron chi connectivity index (χ0n) is 63.9. The number of hydrogen-bond donors (Lipinski definition) is 0. The van der Waals surface area contributed by atoms with Gasteiger partial charge in [-0.15, -0.1) is 47.6 Å². The molecule has 456 valence electrons. The van der Waals surface area contributed by atoms with Gasteiger partial charge in [0.2, 0.25) is 0 Å². The molecule has 0 saturated heterocycles. The van der Waals surface area contributed by atoms with Gasteiger partial charge >= 0.3 is 0 Å². The fourth-order valence-corrected chi connectivity index (χ4v) is 12.9. The Morgan fingerprint density at radius 3 is 1.75 bits per heavy atom. The third-order valence-corrected chi connectivity index (χ3v) is 18.1. The van der Waals surface area contributed by atoms with Gasteiger partial charge in [-0.2, -0.15) is 12.1 Å². The monoisotopic (exact) mass is 1350 g/mol. The van der Waals surface area contributed by atoms with E-state index in [1.54, 1.807) is 6.07 Å². The summed E-state index contributed by atoms with van der Waals surface area (Å²) < 4.78 is 91.9. The number of ether oxygens (including phenoxy) is 1. The molecular weight excluding hydrogens is 1250 g/mol. The van der Waals surface area contributed by atoms with E-state index >= 15 is 0 Å². The maximum atomic E-state index is 9.59. The molecule has 1 aliphatic heterocycles. The second-order valence-electron chi connectivity index (χ2n) is 30.7. The molecule has 0 amide bonds. The number of anilines is 4. The molecule has 0 spiro atoms. The average Bonchev–Trinajstić information content (AvgIpc) is 1.67. The summed E-state index contributed by atoms with van der Waals surface area (Å²) in [6, 6.07) is 39.9. The first-order valence-corrected chi connectivity index (χ1v) is 30.8. The SMILES string of the molecule is [2H]c1c([2H])c([2H])c(-c2cc(C(C)(C)C)cc(-c3cc(C(C)(C)C)cc(C(C)(C)C)c3)c2N2[CH-]N(c3[c-]c(Oc4[c-]c5c(cc4)c4c([2H])c([2H])c([2H])c([2H])c4n5-c4cc(C(C)(C)C)c(-c5cccc6c5C(C)(C)CCC6(C)C)cn4)c(C(C)(C)C)cc3)c3ccccc32)c([2H])c1[2H].[Pt]. The normalized spacial score (nSPS) is 16.6. The molecule has 0 unspecified atom stereocenters. The molecule has 88 heavy (non-hydrogen) atoms. The second kappa shape index (κ2) is 22.1. The standard InChI is InChI=1S/C82H89N4O.Pt/c1-76(2,3)54-42-53(43-55(44-54)77(4,5)6)63-46-56(78(7,8)9)45-62(52-28-21-20-22-29-52)75(63)85-51-84(69-34-25-26-35-70(69)85)57-36-39-65(79(10,11)12)72(47-57)87-58-37-38-60-59-30-23-24-33-68(59)86(71(60)48-58)73-49-67(80(13,14)15)64(50-83-73)61-31-27-32-66-74(61)82(18,19)41-40-81(66,16)17;/h20-39,42-46,49-51H,40-41H2,1-19H3;/q-3;/i20D,21D,22D,23D,24D,28D,29D,30D,33D;. The van der Waals surface area contributed by atoms with Crippen molar-refractivity contribution < 1.29 is 38.1 Å². The van der Waals surface area contributed by atoms with Crippen molar-refractivity contribution in [2.45, 2.75) is 182 Å². The molecule has 0 radical (unpaired) electrons. The van der Waals surface area contributed by atoms with Crippen LogP contribution in [0.15, 0.2) is 164 Å². The van der Waals surface area contributed by atoms with E-state index in [0.29, 0.717) is 50.5 Å². The van der Waals surface area contributed by atoms with Crippen LogP contribution in [0.5, 0.6) is 11.5 Å². The first-order valence-electron chi connectivity index (χ1n) is 35.3. The molecule has 2 aliphatic rings. The summed E-state index contributed by atoms with van der Waals surface area (Å²) in [7, 11) is 0. The van der Waals surface area contributed by atoms with Gasteiger partial charge in [0.15, 0.2) is 0 Å². The number of fused-ring (bicyclic) bond motifs is 5. The van der Waals surface area contributed by atoms with Gasteiger partial charge < -0.3 is 19.1 Å². The first kappa shape index (κ1) is 51.7. The Kier molecular flexibility index (Phi) is 13.0. The van der Waals surface area contributed by atoms with Crippen LogP contribution in [0.25, 0.3) is 61.0 Å². The van der Waals surface area contributed by atoms with Crippen LogP contribution in [0.3, 0.4) is 0 Å². The Balaban J connectivity index is 0.00000954. The zero-order valence-corrected chi connectivity index (χ0v) is 57.2. The van der Waals surface area contributed by atoms with Crippen LogP contribution in [-0.2, 0) is 59.0 Å². The third kappa shape index (κ3) is 11.4. The molecule has 3 heterocycles. The van der Waals surface area contributed by atoms with Crippen LogP contribution in [0, 0.1) is 18.8 Å². The van der Waals surface area contributed by atoms with Gasteiger partial charge in [-0.05, 0) is 137 Å². The fourth-order valence-electron chi connectivity index (χ4n) is 12.9. The molecule has 2 aromatic heterocycles. The summed E-state index contributed by atoms with van der Waals surface area (Å²) in [6.45, 7) is 44.0. The van der Waals surface area contributed by atoms with Gasteiger partial charge in [0.25, 0.3) is 0 Å². The van der Waals surface area contributed by atoms with Crippen molar-refractivity contribution >= 4 is 44.6 Å². The van der Waals surface area contributed by atoms with Crippen molar-refractivity contribution in [3.63, 3.8) is 0 Å². The van der Waals surface area contributed by atoms with Gasteiger partial charge in [-0.3, -0.25) is 0 Å². The number of para-hydroxylation sites is 3. The van der Waals surface area contributed by atoms with E-state index in [-0.39, 0.29) is 90.1 Å². The van der Waals surface area contributed by atoms with Crippen LogP contribution >= 0.6 is 0 Å². The van der Waals surface area contributed by atoms with Gasteiger partial charge in [-0.25, -0.2) is 4.98 Å². The van der Waals surface area contributed by atoms with E-state index in [1.807, 2.05) is 59.9 Å². The largest absolute Gasteiger partial charge is 0.509 e. The smallest absolute Gasteiger partial charge is 0.135 e. The van der Waals surface area contributed by atoms with Gasteiger partial charge in [0.05, 0.1) is 12.3 Å². The summed E-state index contributed by atoms with van der Waals surface area (Å²) >= 11 is 0. The van der Waals surface area contributed by atoms with Crippen LogP contribution in [0.4, 0.5) is 22.7 Å². The van der Waals surface area contributed by atoms with Crippen LogP contribution < -0.4 is 14.5 Å². The number of aromatic nitrogens is 2. The third-order valence-electron chi connectivity index (χ3n) is 18.1. The summed E-state index contributed by atoms with van der Waals surface area (Å²) in [5, 5.41) is 0.908. The predicted octanol–water partition coefficient (Wildman–Crippen LogP) is 22.8. The minimum Gasteiger partial charge on any atom is -0.509 e. The van der Waals surface area contributed by atoms with Crippen molar-refractivity contribution in [3.8, 4) is 50.7 Å². The van der Waals surface area contributed by atoms with Crippen molar-refractivity contribution in [2.75, 3.05) is 9.80 Å². The Bertz CT molecular complexity index is 4810. The number of hydrogen-bond acceptors (Lipinski definition) is 4. The molecular formula is C82H89N4OPt-3. The molecule has 6 heteroatoms. The Labute approximate surface area is 553 Å². The maximum absolute atomic E-state index is 9.59. The predicted molar refractivity (Wildman–Crippen MR) is 369 cm³/mol. The molecule has 0 atom stereocenters. The van der Waals surface area contributed by atoms with E-state index in [9.17, 15) is 5.48 Å². The van der Waals surface area contributed by atoms with Gasteiger partial charge in [0.1, 0.15) is 5.82 Å². The molecule has 1 aliphatic carbocycles. The van der Waals surface area contributed by atoms with Crippen molar-refractivity contribution in [3.05, 3.63) is 221 Å². The number of rotatable bonds is 8. The topological polar surface area (TPSA) is 33.5 Å². The molecule has 0 bridgehead atoms. The van der Waals surface area contributed by atoms with Crippen molar-refractivity contribution in [2.24, 2.45) is 0 Å². The molecule has 0 saturated carbocycles. The van der Waals surface area contributed by atoms with Crippen molar-refractivity contribution in [1.82, 2.24) is 9.55 Å². The zero-order chi connectivity index (χ0) is 70.0. The van der Waals surface area contributed by atoms with Crippen LogP contribution in [0.1, 0.15) is 196 Å². The fraction of sp³-hybridized carbons (Fsp3) is 0.341. The van der Waals surface area contributed by atoms with Gasteiger partial charge in [-0.1, -0.05) is 239 Å². The average molecular weight is 1350 g/mol. The Hall–Kier alpha value is -7.20. The first-order chi connectivity index (χ1) is 44.5. The quantitative estimate of drug-likeness (QED) is 0.142. The molecule has 12 rings (SSSR count). The van der Waals surface area contributed by atoms with E-state index < -0.39 is 34.4 Å². The molecule has 10 aromatic rings.